The summed E-state index contributed by atoms with van der Waals surface area (Å²) < 4.78 is 22.1. The first kappa shape index (κ1) is 22.6. The number of thiazole rings is 1. The number of hydrogen-bond acceptors (Lipinski definition) is 7. The lowest BCUT2D eigenvalue weighted by Gasteiger charge is -2.19. The molecule has 0 radical (unpaired) electrons. The molecule has 0 bridgehead atoms. The van der Waals surface area contributed by atoms with Gasteiger partial charge >= 0.3 is 6.09 Å². The van der Waals surface area contributed by atoms with Crippen LogP contribution in [0.25, 0.3) is 22.4 Å². The predicted octanol–water partition coefficient (Wildman–Crippen LogP) is 5.81. The molecule has 0 spiro atoms. The van der Waals surface area contributed by atoms with Gasteiger partial charge in [0.15, 0.2) is 18.3 Å². The van der Waals surface area contributed by atoms with Crippen molar-refractivity contribution < 1.29 is 23.7 Å². The molecule has 3 rings (SSSR count). The van der Waals surface area contributed by atoms with Gasteiger partial charge in [0.2, 0.25) is 0 Å². The fraction of sp³-hybridized carbons (Fsp3) is 0.304. The van der Waals surface area contributed by atoms with Crippen LogP contribution in [0.2, 0.25) is 0 Å². The Kier molecular flexibility index (Phi) is 7.14. The van der Waals surface area contributed by atoms with Crippen LogP contribution in [0.4, 0.5) is 10.5 Å². The Bertz CT molecular complexity index is 1090. The summed E-state index contributed by atoms with van der Waals surface area (Å²) in [5.41, 5.74) is 1.84. The Morgan fingerprint density at radius 2 is 1.90 bits per heavy atom. The molecule has 0 aliphatic rings. The molecule has 0 aliphatic carbocycles. The molecule has 0 aliphatic heterocycles. The van der Waals surface area contributed by atoms with E-state index in [2.05, 4.69) is 10.3 Å². The summed E-state index contributed by atoms with van der Waals surface area (Å²) >= 11 is 1.56. The summed E-state index contributed by atoms with van der Waals surface area (Å²) in [6, 6.07) is 11.3. The lowest BCUT2D eigenvalue weighted by atomic mass is 10.2. The van der Waals surface area contributed by atoms with Gasteiger partial charge in [-0.3, -0.25) is 5.32 Å². The second-order valence-corrected chi connectivity index (χ2v) is 8.72. The summed E-state index contributed by atoms with van der Waals surface area (Å²) in [6.07, 6.45) is 3.41. The second kappa shape index (κ2) is 9.80. The molecule has 31 heavy (non-hydrogen) atoms. The number of carbonyl (C=O) groups excluding carboxylic acids is 1. The van der Waals surface area contributed by atoms with Crippen molar-refractivity contribution in [3.8, 4) is 11.5 Å². The molecule has 0 saturated carbocycles. The first-order valence-corrected chi connectivity index (χ1v) is 10.5. The molecule has 1 amide bonds. The van der Waals surface area contributed by atoms with E-state index in [0.29, 0.717) is 17.2 Å². The molecule has 1 N–H and O–H groups in total. The van der Waals surface area contributed by atoms with E-state index in [0.717, 1.165) is 20.8 Å². The van der Waals surface area contributed by atoms with E-state index < -0.39 is 11.7 Å². The molecule has 164 valence electrons. The van der Waals surface area contributed by atoms with Crippen molar-refractivity contribution in [1.82, 2.24) is 4.98 Å². The third kappa shape index (κ3) is 6.44. The molecule has 7 nitrogen and oxygen atoms in total. The zero-order valence-corrected chi connectivity index (χ0v) is 19.0. The molecule has 0 saturated heterocycles. The summed E-state index contributed by atoms with van der Waals surface area (Å²) in [4.78, 5) is 16.6. The van der Waals surface area contributed by atoms with Crippen LogP contribution in [0.15, 0.2) is 36.4 Å². The molecule has 0 fully saturated rings. The summed E-state index contributed by atoms with van der Waals surface area (Å²) in [5, 5.41) is 3.59. The van der Waals surface area contributed by atoms with Gasteiger partial charge in [0, 0.05) is 12.8 Å². The van der Waals surface area contributed by atoms with Gasteiger partial charge in [-0.25, -0.2) is 9.78 Å². The van der Waals surface area contributed by atoms with Crippen molar-refractivity contribution in [2.45, 2.75) is 26.4 Å². The second-order valence-electron chi connectivity index (χ2n) is 7.66. The Morgan fingerprint density at radius 1 is 1.10 bits per heavy atom. The number of anilines is 1. The van der Waals surface area contributed by atoms with Gasteiger partial charge in [0.05, 0.1) is 17.3 Å². The lowest BCUT2D eigenvalue weighted by Crippen LogP contribution is -2.27. The molecule has 1 heterocycles. The largest absolute Gasteiger partial charge is 0.493 e. The van der Waals surface area contributed by atoms with Gasteiger partial charge in [-0.1, -0.05) is 12.1 Å². The van der Waals surface area contributed by atoms with Crippen LogP contribution in [0.1, 0.15) is 31.3 Å². The van der Waals surface area contributed by atoms with E-state index in [-0.39, 0.29) is 6.79 Å². The topological polar surface area (TPSA) is 78.9 Å². The van der Waals surface area contributed by atoms with Crippen molar-refractivity contribution in [1.29, 1.82) is 0 Å². The monoisotopic (exact) mass is 442 g/mol. The molecular weight excluding hydrogens is 416 g/mol. The minimum Gasteiger partial charge on any atom is -0.493 e. The first-order valence-electron chi connectivity index (χ1n) is 9.66. The van der Waals surface area contributed by atoms with Crippen LogP contribution in [-0.2, 0) is 9.47 Å². The minimum absolute atomic E-state index is 0.155. The van der Waals surface area contributed by atoms with Crippen LogP contribution in [0.5, 0.6) is 11.5 Å². The van der Waals surface area contributed by atoms with E-state index >= 15 is 0 Å². The van der Waals surface area contributed by atoms with Crippen LogP contribution in [0.3, 0.4) is 0 Å². The molecule has 0 atom stereocenters. The van der Waals surface area contributed by atoms with E-state index in [1.165, 1.54) is 0 Å². The Morgan fingerprint density at radius 3 is 2.61 bits per heavy atom. The third-order valence-corrected chi connectivity index (χ3v) is 4.99. The van der Waals surface area contributed by atoms with E-state index in [9.17, 15) is 4.79 Å². The van der Waals surface area contributed by atoms with Crippen molar-refractivity contribution >= 4 is 45.5 Å². The average Bonchev–Trinajstić information content (AvgIpc) is 3.11. The average molecular weight is 443 g/mol. The number of amides is 1. The number of rotatable bonds is 7. The zero-order chi connectivity index (χ0) is 22.4. The maximum Gasteiger partial charge on any atom is 0.412 e. The number of methoxy groups -OCH3 is 2. The Balaban J connectivity index is 1.73. The van der Waals surface area contributed by atoms with E-state index in [4.69, 9.17) is 18.9 Å². The number of ether oxygens (including phenoxy) is 4. The lowest BCUT2D eigenvalue weighted by molar-refractivity contribution is 0.0491. The molecule has 1 aromatic heterocycles. The molecular formula is C23H26N2O5S. The van der Waals surface area contributed by atoms with Crippen molar-refractivity contribution in [2.75, 3.05) is 26.3 Å². The quantitative estimate of drug-likeness (QED) is 0.466. The standard InChI is InChI=1S/C23H26N2O5S/c1-23(2,3)30-22(26)24-16-8-10-20-17(13-16)25-21(31-20)11-7-15-6-9-18(29-14-27-4)19(12-15)28-5/h6-13H,14H2,1-5H3,(H,24,26)/b11-7+. The number of nitrogens with zero attached hydrogens (tertiary/aromatic N) is 1. The van der Waals surface area contributed by atoms with Gasteiger partial charge in [0.1, 0.15) is 10.6 Å². The summed E-state index contributed by atoms with van der Waals surface area (Å²) in [6.45, 7) is 5.63. The van der Waals surface area contributed by atoms with Crippen molar-refractivity contribution in [3.05, 3.63) is 47.0 Å². The predicted molar refractivity (Wildman–Crippen MR) is 124 cm³/mol. The maximum atomic E-state index is 12.0. The highest BCUT2D eigenvalue weighted by Gasteiger charge is 2.16. The fourth-order valence-electron chi connectivity index (χ4n) is 2.71. The van der Waals surface area contributed by atoms with Crippen LogP contribution in [-0.4, -0.2) is 37.7 Å². The molecule has 3 aromatic rings. The van der Waals surface area contributed by atoms with Gasteiger partial charge in [-0.15, -0.1) is 11.3 Å². The van der Waals surface area contributed by atoms with Crippen molar-refractivity contribution in [3.63, 3.8) is 0 Å². The fourth-order valence-corrected chi connectivity index (χ4v) is 3.56. The maximum absolute atomic E-state index is 12.0. The zero-order valence-electron chi connectivity index (χ0n) is 18.2. The Labute approximate surface area is 185 Å². The molecule has 8 heteroatoms. The molecule has 0 unspecified atom stereocenters. The highest BCUT2D eigenvalue weighted by atomic mass is 32.1. The number of nitrogens with one attached hydrogen (secondary N) is 1. The SMILES string of the molecule is COCOc1ccc(/C=C/c2nc3cc(NC(=O)OC(C)(C)C)ccc3s2)cc1OC. The number of carbonyl (C=O) groups is 1. The highest BCUT2D eigenvalue weighted by Crippen LogP contribution is 2.30. The first-order chi connectivity index (χ1) is 14.8. The van der Waals surface area contributed by atoms with Gasteiger partial charge < -0.3 is 18.9 Å². The van der Waals surface area contributed by atoms with Gasteiger partial charge in [0.25, 0.3) is 0 Å². The minimum atomic E-state index is -0.552. The van der Waals surface area contributed by atoms with Crippen molar-refractivity contribution in [2.24, 2.45) is 0 Å². The van der Waals surface area contributed by atoms with Crippen LogP contribution >= 0.6 is 11.3 Å². The third-order valence-electron chi connectivity index (χ3n) is 3.99. The number of benzene rings is 2. The number of hydrogen-bond donors (Lipinski definition) is 1. The van der Waals surface area contributed by atoms with Gasteiger partial charge in [-0.2, -0.15) is 0 Å². The van der Waals surface area contributed by atoms with E-state index in [1.807, 2.05) is 69.3 Å². The van der Waals surface area contributed by atoms with E-state index in [1.54, 1.807) is 25.6 Å². The number of aromatic nitrogens is 1. The molecule has 2 aromatic carbocycles. The highest BCUT2D eigenvalue weighted by molar-refractivity contribution is 7.19. The van der Waals surface area contributed by atoms with Crippen LogP contribution in [0, 0.1) is 0 Å². The van der Waals surface area contributed by atoms with Gasteiger partial charge in [-0.05, 0) is 62.7 Å². The summed E-state index contributed by atoms with van der Waals surface area (Å²) in [7, 11) is 3.16. The number of fused-ring (bicyclic) bond motifs is 1. The smallest absolute Gasteiger partial charge is 0.412 e. The van der Waals surface area contributed by atoms with Crippen LogP contribution < -0.4 is 14.8 Å². The normalized spacial score (nSPS) is 11.6. The Hall–Kier alpha value is -3.10. The summed E-state index contributed by atoms with van der Waals surface area (Å²) in [5.74, 6) is 1.24.